The lowest BCUT2D eigenvalue weighted by Gasteiger charge is -2.55. The highest BCUT2D eigenvalue weighted by molar-refractivity contribution is 9.09. The van der Waals surface area contributed by atoms with Crippen molar-refractivity contribution < 1.29 is 13.9 Å². The Morgan fingerprint density at radius 1 is 0.706 bits per heavy atom. The number of nitriles is 2. The molecule has 260 valence electrons. The number of halogens is 5. The van der Waals surface area contributed by atoms with Crippen molar-refractivity contribution in [3.8, 4) is 12.1 Å². The van der Waals surface area contributed by atoms with Crippen LogP contribution in [0.4, 0.5) is 8.78 Å². The van der Waals surface area contributed by atoms with Crippen LogP contribution < -0.4 is 0 Å². The fraction of sp³-hybridized carbons (Fsp3) is 0.238. The highest BCUT2D eigenvalue weighted by atomic mass is 79.9. The summed E-state index contributed by atoms with van der Waals surface area (Å²) < 4.78 is 28.2. The summed E-state index contributed by atoms with van der Waals surface area (Å²) in [7, 11) is 0. The van der Waals surface area contributed by atoms with Crippen LogP contribution in [0, 0.1) is 45.6 Å². The van der Waals surface area contributed by atoms with Crippen molar-refractivity contribution in [2.75, 3.05) is 13.1 Å². The number of likely N-dealkylation sites (tertiary alicyclic amines) is 1. The second-order valence-corrected chi connectivity index (χ2v) is 15.5. The number of hydrogen-bond donors (Lipinski definition) is 1. The van der Waals surface area contributed by atoms with E-state index in [-0.39, 0.29) is 22.4 Å². The van der Waals surface area contributed by atoms with Gasteiger partial charge in [-0.2, -0.15) is 10.5 Å². The summed E-state index contributed by atoms with van der Waals surface area (Å²) in [5, 5.41) is 31.5. The largest absolute Gasteiger partial charge is 0.384 e. The Hall–Kier alpha value is -4.08. The van der Waals surface area contributed by atoms with Crippen molar-refractivity contribution in [1.29, 1.82) is 10.5 Å². The minimum atomic E-state index is -1.44. The smallest absolute Gasteiger partial charge is 0.126 e. The van der Waals surface area contributed by atoms with Crippen LogP contribution in [-0.2, 0) is 5.60 Å². The molecule has 0 saturated carbocycles. The molecule has 1 aliphatic heterocycles. The zero-order valence-electron chi connectivity index (χ0n) is 28.3. The summed E-state index contributed by atoms with van der Waals surface area (Å²) in [5.41, 5.74) is 3.51. The molecule has 0 bridgehead atoms. The first kappa shape index (κ1) is 38.2. The third-order valence-electron chi connectivity index (χ3n) is 9.30. The number of alkyl halides is 1. The summed E-state index contributed by atoms with van der Waals surface area (Å²) >= 11 is 15.6. The standard InChI is InChI=1S/C28H27ClF2N2O.C14H9BrClN/c1-27(2,3)28(34,21-12-24(30)14-25(31)13-21)22-16-33(17-22)26(19-7-9-23(29)10-8-19)20-6-4-5-18(11-20)15-32;15-14(11-4-6-13(16)7-5-11)12-3-1-2-10(8-12)9-17/h4-14,22,26,34H,16-17H2,1-3H3;1-8,14H. The first-order valence-corrected chi connectivity index (χ1v) is 18.0. The third kappa shape index (κ3) is 8.70. The molecule has 1 heterocycles. The zero-order valence-corrected chi connectivity index (χ0v) is 31.4. The lowest BCUT2D eigenvalue weighted by Crippen LogP contribution is -2.61. The number of aliphatic hydroxyl groups is 1. The molecule has 51 heavy (non-hydrogen) atoms. The maximum Gasteiger partial charge on any atom is 0.126 e. The minimum Gasteiger partial charge on any atom is -0.384 e. The first-order valence-electron chi connectivity index (χ1n) is 16.3. The molecule has 0 amide bonds. The normalized spacial score (nSPS) is 15.6. The highest BCUT2D eigenvalue weighted by Crippen LogP contribution is 2.50. The Labute approximate surface area is 316 Å². The predicted octanol–water partition coefficient (Wildman–Crippen LogP) is 11.1. The van der Waals surface area contributed by atoms with Gasteiger partial charge in [-0.15, -0.1) is 0 Å². The van der Waals surface area contributed by atoms with E-state index < -0.39 is 22.7 Å². The van der Waals surface area contributed by atoms with Crippen molar-refractivity contribution in [2.24, 2.45) is 11.3 Å². The van der Waals surface area contributed by atoms with Crippen molar-refractivity contribution in [3.63, 3.8) is 0 Å². The second kappa shape index (κ2) is 16.1. The summed E-state index contributed by atoms with van der Waals surface area (Å²) in [6.07, 6.45) is 0. The average molecular weight is 788 g/mol. The summed E-state index contributed by atoms with van der Waals surface area (Å²) in [4.78, 5) is 2.28. The molecular weight excluding hydrogens is 751 g/mol. The molecule has 1 fully saturated rings. The molecule has 5 aromatic rings. The van der Waals surface area contributed by atoms with Crippen LogP contribution in [0.3, 0.4) is 0 Å². The molecule has 6 rings (SSSR count). The molecule has 0 aromatic heterocycles. The van der Waals surface area contributed by atoms with Crippen LogP contribution in [0.15, 0.2) is 115 Å². The van der Waals surface area contributed by atoms with Crippen LogP contribution in [0.2, 0.25) is 10.0 Å². The minimum absolute atomic E-state index is 0.0769. The van der Waals surface area contributed by atoms with E-state index in [2.05, 4.69) is 33.0 Å². The van der Waals surface area contributed by atoms with Gasteiger partial charge in [0, 0.05) is 35.1 Å². The van der Waals surface area contributed by atoms with Crippen molar-refractivity contribution >= 4 is 39.1 Å². The second-order valence-electron chi connectivity index (χ2n) is 13.7. The predicted molar refractivity (Wildman–Crippen MR) is 203 cm³/mol. The van der Waals surface area contributed by atoms with E-state index >= 15 is 0 Å². The highest BCUT2D eigenvalue weighted by Gasteiger charge is 2.53. The van der Waals surface area contributed by atoms with E-state index in [4.69, 9.17) is 28.5 Å². The van der Waals surface area contributed by atoms with Crippen molar-refractivity contribution in [2.45, 2.75) is 37.2 Å². The molecule has 5 aromatic carbocycles. The van der Waals surface area contributed by atoms with Gasteiger partial charge in [-0.1, -0.05) is 108 Å². The topological polar surface area (TPSA) is 71.0 Å². The fourth-order valence-electron chi connectivity index (χ4n) is 6.67. The molecule has 1 aliphatic rings. The number of benzene rings is 5. The number of nitrogens with zero attached hydrogens (tertiary/aromatic N) is 3. The maximum absolute atomic E-state index is 14.1. The van der Waals surface area contributed by atoms with Crippen molar-refractivity contribution in [1.82, 2.24) is 4.90 Å². The quantitative estimate of drug-likeness (QED) is 0.167. The lowest BCUT2D eigenvalue weighted by molar-refractivity contribution is -0.162. The number of hydrogen-bond acceptors (Lipinski definition) is 4. The Morgan fingerprint density at radius 3 is 1.67 bits per heavy atom. The van der Waals surface area contributed by atoms with Gasteiger partial charge in [-0.3, -0.25) is 4.90 Å². The van der Waals surface area contributed by atoms with Gasteiger partial charge in [0.05, 0.1) is 39.7 Å². The summed E-state index contributed by atoms with van der Waals surface area (Å²) in [5.74, 6) is -1.66. The molecule has 9 heteroatoms. The summed E-state index contributed by atoms with van der Waals surface area (Å²) in [6, 6.07) is 37.7. The molecule has 0 aliphatic carbocycles. The van der Waals surface area contributed by atoms with Crippen molar-refractivity contribution in [3.05, 3.63) is 176 Å². The van der Waals surface area contributed by atoms with E-state index in [1.807, 2.05) is 106 Å². The molecule has 0 spiro atoms. The van der Waals surface area contributed by atoms with Gasteiger partial charge in [0.2, 0.25) is 0 Å². The van der Waals surface area contributed by atoms with Crippen LogP contribution in [-0.4, -0.2) is 23.1 Å². The Kier molecular flexibility index (Phi) is 12.0. The van der Waals surface area contributed by atoms with Gasteiger partial charge < -0.3 is 5.11 Å². The lowest BCUT2D eigenvalue weighted by atomic mass is 9.62. The average Bonchev–Trinajstić information content (AvgIpc) is 3.09. The van der Waals surface area contributed by atoms with Gasteiger partial charge in [0.15, 0.2) is 0 Å². The number of rotatable bonds is 7. The first-order chi connectivity index (χ1) is 24.2. The third-order valence-corrected chi connectivity index (χ3v) is 10.9. The Bertz CT molecular complexity index is 2050. The van der Waals surface area contributed by atoms with E-state index in [1.165, 1.54) is 12.1 Å². The van der Waals surface area contributed by atoms with Crippen LogP contribution in [0.5, 0.6) is 0 Å². The van der Waals surface area contributed by atoms with Crippen LogP contribution >= 0.6 is 39.1 Å². The Morgan fingerprint density at radius 2 is 1.18 bits per heavy atom. The molecular formula is C42H36BrCl2F2N3O. The van der Waals surface area contributed by atoms with E-state index in [9.17, 15) is 19.1 Å². The maximum atomic E-state index is 14.1. The van der Waals surface area contributed by atoms with E-state index in [1.54, 1.807) is 12.1 Å². The SMILES string of the molecule is CC(C)(C)C(O)(c1cc(F)cc(F)c1)C1CN(C(c2ccc(Cl)cc2)c2cccc(C#N)c2)C1.N#Cc1cccc(C(Br)c2ccc(Cl)cc2)c1. The van der Waals surface area contributed by atoms with Gasteiger partial charge in [0.1, 0.15) is 11.6 Å². The van der Waals surface area contributed by atoms with Gasteiger partial charge in [0.25, 0.3) is 0 Å². The molecule has 1 saturated heterocycles. The molecule has 3 unspecified atom stereocenters. The summed E-state index contributed by atoms with van der Waals surface area (Å²) in [6.45, 7) is 6.66. The van der Waals surface area contributed by atoms with Gasteiger partial charge >= 0.3 is 0 Å². The Balaban J connectivity index is 0.000000248. The van der Waals surface area contributed by atoms with E-state index in [0.717, 1.165) is 33.3 Å². The monoisotopic (exact) mass is 785 g/mol. The van der Waals surface area contributed by atoms with Crippen LogP contribution in [0.1, 0.15) is 70.6 Å². The molecule has 1 N–H and O–H groups in total. The van der Waals surface area contributed by atoms with Gasteiger partial charge in [-0.05, 0) is 93.9 Å². The van der Waals surface area contributed by atoms with Gasteiger partial charge in [-0.25, -0.2) is 8.78 Å². The molecule has 3 atom stereocenters. The molecule has 0 radical (unpaired) electrons. The fourth-order valence-corrected chi connectivity index (χ4v) is 7.51. The zero-order chi connectivity index (χ0) is 36.9. The van der Waals surface area contributed by atoms with Crippen LogP contribution in [0.25, 0.3) is 0 Å². The molecule has 4 nitrogen and oxygen atoms in total. The van der Waals surface area contributed by atoms with E-state index in [0.29, 0.717) is 29.2 Å².